The highest BCUT2D eigenvalue weighted by Crippen LogP contribution is 2.27. The van der Waals surface area contributed by atoms with E-state index < -0.39 is 9.84 Å². The van der Waals surface area contributed by atoms with E-state index >= 15 is 0 Å². The summed E-state index contributed by atoms with van der Waals surface area (Å²) in [6.45, 7) is 4.76. The molecule has 0 bridgehead atoms. The molecule has 2 rings (SSSR count). The maximum Gasteiger partial charge on any atom is 0.156 e. The molecule has 6 heteroatoms. The molecule has 0 spiro atoms. The van der Waals surface area contributed by atoms with Gasteiger partial charge in [0, 0.05) is 19.3 Å². The third-order valence-electron chi connectivity index (χ3n) is 2.99. The van der Waals surface area contributed by atoms with E-state index in [1.807, 2.05) is 17.9 Å². The largest absolute Gasteiger partial charge is 0.353 e. The summed E-state index contributed by atoms with van der Waals surface area (Å²) in [6, 6.07) is 2.00. The molecule has 0 radical (unpaired) electrons. The van der Waals surface area contributed by atoms with E-state index in [1.165, 1.54) is 0 Å². The van der Waals surface area contributed by atoms with Crippen molar-refractivity contribution < 1.29 is 8.42 Å². The van der Waals surface area contributed by atoms with Crippen LogP contribution >= 0.6 is 15.9 Å². The van der Waals surface area contributed by atoms with Crippen LogP contribution in [0.2, 0.25) is 0 Å². The summed E-state index contributed by atoms with van der Waals surface area (Å²) in [4.78, 5) is 6.39. The Labute approximate surface area is 110 Å². The normalized spacial score (nSPS) is 23.7. The number of sulfone groups is 1. The average molecular weight is 319 g/mol. The molecular formula is C11H15BrN2O2S. The standard InChI is InChI=1S/C11H15BrN2O2S/c1-8-5-10(12)11(13-6-8)14-3-4-17(15,16)9(2)7-14/h5-6,9H,3-4,7H2,1-2H3/t9-/m0/s1. The van der Waals surface area contributed by atoms with Gasteiger partial charge in [-0.3, -0.25) is 0 Å². The lowest BCUT2D eigenvalue weighted by molar-refractivity contribution is 0.568. The summed E-state index contributed by atoms with van der Waals surface area (Å²) < 4.78 is 24.2. The number of aryl methyl sites for hydroxylation is 1. The number of anilines is 1. The summed E-state index contributed by atoms with van der Waals surface area (Å²) in [6.07, 6.45) is 1.80. The second kappa shape index (κ2) is 4.57. The minimum absolute atomic E-state index is 0.205. The minimum atomic E-state index is -2.91. The second-order valence-electron chi connectivity index (χ2n) is 4.44. The lowest BCUT2D eigenvalue weighted by Gasteiger charge is -2.32. The molecule has 1 aliphatic rings. The molecule has 1 aromatic rings. The predicted octanol–water partition coefficient (Wildman–Crippen LogP) is 1.78. The Bertz CT molecular complexity index is 530. The van der Waals surface area contributed by atoms with Gasteiger partial charge in [0.25, 0.3) is 0 Å². The number of hydrogen-bond acceptors (Lipinski definition) is 4. The van der Waals surface area contributed by atoms with Crippen molar-refractivity contribution in [3.05, 3.63) is 22.3 Å². The van der Waals surface area contributed by atoms with Crippen molar-refractivity contribution in [2.45, 2.75) is 19.1 Å². The van der Waals surface area contributed by atoms with Gasteiger partial charge in [0.05, 0.1) is 15.5 Å². The zero-order valence-electron chi connectivity index (χ0n) is 9.85. The Morgan fingerprint density at radius 2 is 2.24 bits per heavy atom. The highest BCUT2D eigenvalue weighted by Gasteiger charge is 2.30. The topological polar surface area (TPSA) is 50.3 Å². The van der Waals surface area contributed by atoms with Crippen molar-refractivity contribution in [1.29, 1.82) is 0 Å². The van der Waals surface area contributed by atoms with Gasteiger partial charge in [-0.25, -0.2) is 13.4 Å². The average Bonchev–Trinajstić information content (AvgIpc) is 2.23. The first-order valence-electron chi connectivity index (χ1n) is 5.49. The Hall–Kier alpha value is -0.620. The quantitative estimate of drug-likeness (QED) is 0.792. The van der Waals surface area contributed by atoms with Crippen LogP contribution in [0.4, 0.5) is 5.82 Å². The molecule has 4 nitrogen and oxygen atoms in total. The van der Waals surface area contributed by atoms with E-state index in [4.69, 9.17) is 0 Å². The fourth-order valence-corrected chi connectivity index (χ4v) is 3.90. The third-order valence-corrected chi connectivity index (χ3v) is 5.70. The molecule has 94 valence electrons. The fraction of sp³-hybridized carbons (Fsp3) is 0.545. The van der Waals surface area contributed by atoms with Crippen molar-refractivity contribution in [2.75, 3.05) is 23.7 Å². The van der Waals surface area contributed by atoms with E-state index in [0.29, 0.717) is 13.1 Å². The molecule has 1 aromatic heterocycles. The molecule has 1 saturated heterocycles. The van der Waals surface area contributed by atoms with Gasteiger partial charge in [-0.2, -0.15) is 0 Å². The number of halogens is 1. The van der Waals surface area contributed by atoms with Crippen LogP contribution in [-0.2, 0) is 9.84 Å². The number of aromatic nitrogens is 1. The van der Waals surface area contributed by atoms with Crippen molar-refractivity contribution in [3.8, 4) is 0 Å². The van der Waals surface area contributed by atoms with E-state index in [-0.39, 0.29) is 11.0 Å². The zero-order chi connectivity index (χ0) is 12.6. The Morgan fingerprint density at radius 3 is 2.82 bits per heavy atom. The van der Waals surface area contributed by atoms with Gasteiger partial charge < -0.3 is 4.90 Å². The van der Waals surface area contributed by atoms with Crippen LogP contribution in [-0.4, -0.2) is 37.5 Å². The molecule has 0 N–H and O–H groups in total. The molecule has 17 heavy (non-hydrogen) atoms. The highest BCUT2D eigenvalue weighted by molar-refractivity contribution is 9.10. The fourth-order valence-electron chi connectivity index (χ4n) is 1.91. The van der Waals surface area contributed by atoms with Crippen molar-refractivity contribution >= 4 is 31.6 Å². The van der Waals surface area contributed by atoms with Gasteiger partial charge in [0.15, 0.2) is 9.84 Å². The number of pyridine rings is 1. The Kier molecular flexibility index (Phi) is 3.45. The van der Waals surface area contributed by atoms with Gasteiger partial charge in [-0.15, -0.1) is 0 Å². The summed E-state index contributed by atoms with van der Waals surface area (Å²) in [5.41, 5.74) is 1.08. The maximum atomic E-state index is 11.6. The lowest BCUT2D eigenvalue weighted by Crippen LogP contribution is -2.46. The highest BCUT2D eigenvalue weighted by atomic mass is 79.9. The van der Waals surface area contributed by atoms with E-state index in [9.17, 15) is 8.42 Å². The van der Waals surface area contributed by atoms with Crippen LogP contribution in [0, 0.1) is 6.92 Å². The summed E-state index contributed by atoms with van der Waals surface area (Å²) in [5, 5.41) is -0.328. The third kappa shape index (κ3) is 2.63. The van der Waals surface area contributed by atoms with Crippen LogP contribution in [0.1, 0.15) is 12.5 Å². The van der Waals surface area contributed by atoms with E-state index in [0.717, 1.165) is 15.9 Å². The second-order valence-corrected chi connectivity index (χ2v) is 7.83. The van der Waals surface area contributed by atoms with Crippen molar-refractivity contribution in [1.82, 2.24) is 4.98 Å². The van der Waals surface area contributed by atoms with Gasteiger partial charge >= 0.3 is 0 Å². The smallest absolute Gasteiger partial charge is 0.156 e. The molecule has 0 aliphatic carbocycles. The predicted molar refractivity (Wildman–Crippen MR) is 72.1 cm³/mol. The van der Waals surface area contributed by atoms with Crippen LogP contribution in [0.25, 0.3) is 0 Å². The SMILES string of the molecule is Cc1cnc(N2CCS(=O)(=O)[C@@H](C)C2)c(Br)c1. The maximum absolute atomic E-state index is 11.6. The number of nitrogens with zero attached hydrogens (tertiary/aromatic N) is 2. The van der Waals surface area contributed by atoms with Crippen LogP contribution in [0.5, 0.6) is 0 Å². The molecule has 0 unspecified atom stereocenters. The first-order chi connectivity index (χ1) is 7.90. The Morgan fingerprint density at radius 1 is 1.53 bits per heavy atom. The zero-order valence-corrected chi connectivity index (χ0v) is 12.3. The molecule has 2 heterocycles. The molecule has 1 atom stereocenters. The van der Waals surface area contributed by atoms with Crippen LogP contribution < -0.4 is 4.90 Å². The van der Waals surface area contributed by atoms with Crippen LogP contribution in [0.3, 0.4) is 0 Å². The van der Waals surface area contributed by atoms with Crippen LogP contribution in [0.15, 0.2) is 16.7 Å². The molecule has 0 aromatic carbocycles. The number of rotatable bonds is 1. The lowest BCUT2D eigenvalue weighted by atomic mass is 10.3. The first-order valence-corrected chi connectivity index (χ1v) is 7.99. The van der Waals surface area contributed by atoms with Gasteiger partial charge in [-0.05, 0) is 41.4 Å². The van der Waals surface area contributed by atoms with Gasteiger partial charge in [0.2, 0.25) is 0 Å². The first kappa shape index (κ1) is 12.8. The van der Waals surface area contributed by atoms with E-state index in [1.54, 1.807) is 13.1 Å². The molecule has 1 fully saturated rings. The van der Waals surface area contributed by atoms with Gasteiger partial charge in [0.1, 0.15) is 5.82 Å². The van der Waals surface area contributed by atoms with Crippen molar-refractivity contribution in [2.24, 2.45) is 0 Å². The van der Waals surface area contributed by atoms with Crippen molar-refractivity contribution in [3.63, 3.8) is 0 Å². The summed E-state index contributed by atoms with van der Waals surface area (Å²) >= 11 is 3.48. The molecule has 1 aliphatic heterocycles. The summed E-state index contributed by atoms with van der Waals surface area (Å²) in [5.74, 6) is 1.04. The Balaban J connectivity index is 2.25. The number of hydrogen-bond donors (Lipinski definition) is 0. The minimum Gasteiger partial charge on any atom is -0.353 e. The molecular weight excluding hydrogens is 304 g/mol. The summed E-state index contributed by atoms with van der Waals surface area (Å²) in [7, 11) is -2.91. The van der Waals surface area contributed by atoms with E-state index in [2.05, 4.69) is 20.9 Å². The molecule has 0 amide bonds. The monoisotopic (exact) mass is 318 g/mol. The molecule has 0 saturated carbocycles. The van der Waals surface area contributed by atoms with Gasteiger partial charge in [-0.1, -0.05) is 0 Å².